The molecule has 1 amide bonds. The number of aromatic nitrogens is 2. The van der Waals surface area contributed by atoms with Crippen molar-refractivity contribution in [1.29, 1.82) is 0 Å². The van der Waals surface area contributed by atoms with E-state index in [9.17, 15) is 4.79 Å². The highest BCUT2D eigenvalue weighted by Crippen LogP contribution is 2.29. The molecule has 2 aromatic rings. The number of nitrogens with two attached hydrogens (primary N) is 1. The summed E-state index contributed by atoms with van der Waals surface area (Å²) >= 11 is 11.9. The van der Waals surface area contributed by atoms with Crippen LogP contribution in [0.5, 0.6) is 0 Å². The van der Waals surface area contributed by atoms with E-state index in [2.05, 4.69) is 10.4 Å². The van der Waals surface area contributed by atoms with Crippen LogP contribution in [0.2, 0.25) is 10.0 Å². The summed E-state index contributed by atoms with van der Waals surface area (Å²) in [5.74, 6) is -0.379. The third-order valence-electron chi connectivity index (χ3n) is 2.56. The molecule has 0 aliphatic carbocycles. The average molecular weight is 299 g/mol. The van der Waals surface area contributed by atoms with Crippen LogP contribution in [-0.2, 0) is 7.05 Å². The van der Waals surface area contributed by atoms with Crippen molar-refractivity contribution in [2.45, 2.75) is 6.92 Å². The van der Waals surface area contributed by atoms with E-state index in [0.29, 0.717) is 17.1 Å². The van der Waals surface area contributed by atoms with E-state index in [-0.39, 0.29) is 21.5 Å². The van der Waals surface area contributed by atoms with Gasteiger partial charge in [-0.15, -0.1) is 0 Å². The number of rotatable bonds is 2. The predicted molar refractivity (Wildman–Crippen MR) is 76.8 cm³/mol. The molecule has 0 unspecified atom stereocenters. The summed E-state index contributed by atoms with van der Waals surface area (Å²) in [5.41, 5.74) is 7.59. The highest BCUT2D eigenvalue weighted by molar-refractivity contribution is 6.44. The van der Waals surface area contributed by atoms with E-state index >= 15 is 0 Å². The Morgan fingerprint density at radius 1 is 1.42 bits per heavy atom. The number of nitrogen functional groups attached to an aromatic ring is 1. The Kier molecular flexibility index (Phi) is 3.68. The number of carbonyl (C=O) groups excluding carboxylic acids is 1. The molecule has 2 rings (SSSR count). The van der Waals surface area contributed by atoms with Crippen molar-refractivity contribution in [2.24, 2.45) is 7.05 Å². The molecule has 0 bridgehead atoms. The van der Waals surface area contributed by atoms with Gasteiger partial charge < -0.3 is 11.1 Å². The number of benzene rings is 1. The van der Waals surface area contributed by atoms with Gasteiger partial charge in [0.15, 0.2) is 0 Å². The molecule has 0 aliphatic rings. The molecular weight excluding hydrogens is 287 g/mol. The number of hydrogen-bond acceptors (Lipinski definition) is 3. The Morgan fingerprint density at radius 2 is 2.11 bits per heavy atom. The van der Waals surface area contributed by atoms with Crippen molar-refractivity contribution < 1.29 is 4.79 Å². The summed E-state index contributed by atoms with van der Waals surface area (Å²) in [7, 11) is 1.77. The van der Waals surface area contributed by atoms with Crippen LogP contribution in [0, 0.1) is 6.92 Å². The van der Waals surface area contributed by atoms with Crippen LogP contribution in [0.4, 0.5) is 11.4 Å². The summed E-state index contributed by atoms with van der Waals surface area (Å²) in [6.07, 6.45) is 1.70. The van der Waals surface area contributed by atoms with E-state index in [1.165, 1.54) is 12.1 Å². The van der Waals surface area contributed by atoms with Crippen molar-refractivity contribution in [3.63, 3.8) is 0 Å². The maximum Gasteiger partial charge on any atom is 0.257 e. The first-order valence-corrected chi connectivity index (χ1v) is 6.20. The first-order chi connectivity index (χ1) is 8.88. The maximum atomic E-state index is 12.2. The van der Waals surface area contributed by atoms with Gasteiger partial charge in [-0.25, -0.2) is 0 Å². The minimum absolute atomic E-state index is 0.176. The fourth-order valence-corrected chi connectivity index (χ4v) is 2.11. The minimum Gasteiger partial charge on any atom is -0.399 e. The molecule has 1 aromatic carbocycles. The Balaban J connectivity index is 2.33. The molecule has 19 heavy (non-hydrogen) atoms. The number of aryl methyl sites for hydroxylation is 2. The molecule has 1 aromatic heterocycles. The van der Waals surface area contributed by atoms with Crippen LogP contribution in [-0.4, -0.2) is 15.7 Å². The van der Waals surface area contributed by atoms with Gasteiger partial charge in [-0.05, 0) is 19.1 Å². The van der Waals surface area contributed by atoms with Gasteiger partial charge in [0.2, 0.25) is 0 Å². The molecular formula is C12H12Cl2N4O. The highest BCUT2D eigenvalue weighted by atomic mass is 35.5. The fraction of sp³-hybridized carbons (Fsp3) is 0.167. The number of nitrogens with zero attached hydrogens (tertiary/aromatic N) is 2. The predicted octanol–water partition coefficient (Wildman–Crippen LogP) is 2.87. The van der Waals surface area contributed by atoms with Gasteiger partial charge in [0.05, 0.1) is 27.0 Å². The Morgan fingerprint density at radius 3 is 2.68 bits per heavy atom. The van der Waals surface area contributed by atoms with Crippen LogP contribution >= 0.6 is 23.2 Å². The summed E-state index contributed by atoms with van der Waals surface area (Å²) in [6.45, 7) is 1.80. The summed E-state index contributed by atoms with van der Waals surface area (Å²) in [5, 5.41) is 7.28. The zero-order valence-corrected chi connectivity index (χ0v) is 11.9. The Bertz CT molecular complexity index is 651. The second kappa shape index (κ2) is 5.11. The maximum absolute atomic E-state index is 12.2. The van der Waals surface area contributed by atoms with Crippen molar-refractivity contribution in [1.82, 2.24) is 9.78 Å². The third kappa shape index (κ3) is 2.83. The lowest BCUT2D eigenvalue weighted by molar-refractivity contribution is 0.102. The first-order valence-electron chi connectivity index (χ1n) is 5.44. The summed E-state index contributed by atoms with van der Waals surface area (Å²) in [6, 6.07) is 2.98. The fourth-order valence-electron chi connectivity index (χ4n) is 1.69. The van der Waals surface area contributed by atoms with Crippen molar-refractivity contribution in [3.8, 4) is 0 Å². The monoisotopic (exact) mass is 298 g/mol. The van der Waals surface area contributed by atoms with Gasteiger partial charge in [-0.1, -0.05) is 23.2 Å². The normalized spacial score (nSPS) is 10.5. The van der Waals surface area contributed by atoms with E-state index < -0.39 is 0 Å². The smallest absolute Gasteiger partial charge is 0.257 e. The van der Waals surface area contributed by atoms with E-state index in [1.54, 1.807) is 24.9 Å². The van der Waals surface area contributed by atoms with Crippen LogP contribution in [0.15, 0.2) is 18.3 Å². The Labute approximate surface area is 120 Å². The molecule has 5 nitrogen and oxygen atoms in total. The molecule has 1 heterocycles. The van der Waals surface area contributed by atoms with Gasteiger partial charge in [-0.2, -0.15) is 5.10 Å². The lowest BCUT2D eigenvalue weighted by Gasteiger charge is -2.08. The highest BCUT2D eigenvalue weighted by Gasteiger charge is 2.16. The molecule has 0 aliphatic heterocycles. The van der Waals surface area contributed by atoms with Crippen LogP contribution in [0.3, 0.4) is 0 Å². The van der Waals surface area contributed by atoms with Gasteiger partial charge >= 0.3 is 0 Å². The SMILES string of the molecule is Cc1nn(C)cc1NC(=O)c1cc(N)cc(Cl)c1Cl. The molecule has 0 saturated carbocycles. The van der Waals surface area contributed by atoms with Gasteiger partial charge in [0.25, 0.3) is 5.91 Å². The van der Waals surface area contributed by atoms with Crippen LogP contribution in [0.1, 0.15) is 16.1 Å². The van der Waals surface area contributed by atoms with Crippen molar-refractivity contribution in [2.75, 3.05) is 11.1 Å². The zero-order chi connectivity index (χ0) is 14.2. The lowest BCUT2D eigenvalue weighted by Crippen LogP contribution is -2.13. The minimum atomic E-state index is -0.379. The van der Waals surface area contributed by atoms with Crippen molar-refractivity contribution >= 4 is 40.5 Å². The number of hydrogen-bond donors (Lipinski definition) is 2. The lowest BCUT2D eigenvalue weighted by atomic mass is 10.2. The Hall–Kier alpha value is -1.72. The molecule has 0 atom stereocenters. The summed E-state index contributed by atoms with van der Waals surface area (Å²) < 4.78 is 1.61. The molecule has 3 N–H and O–H groups in total. The first kappa shape index (κ1) is 13.7. The molecule has 100 valence electrons. The molecule has 0 spiro atoms. The quantitative estimate of drug-likeness (QED) is 0.837. The van der Waals surface area contributed by atoms with E-state index in [4.69, 9.17) is 28.9 Å². The number of anilines is 2. The van der Waals surface area contributed by atoms with Gasteiger partial charge in [-0.3, -0.25) is 9.48 Å². The molecule has 0 radical (unpaired) electrons. The van der Waals surface area contributed by atoms with E-state index in [1.807, 2.05) is 0 Å². The second-order valence-corrected chi connectivity index (χ2v) is 4.91. The van der Waals surface area contributed by atoms with Crippen LogP contribution in [0.25, 0.3) is 0 Å². The number of amides is 1. The molecule has 7 heteroatoms. The standard InChI is InChI=1S/C12H12Cl2N4O/c1-6-10(5-18(2)17-6)16-12(19)8-3-7(15)4-9(13)11(8)14/h3-5H,15H2,1-2H3,(H,16,19). The average Bonchev–Trinajstić information content (AvgIpc) is 2.62. The van der Waals surface area contributed by atoms with E-state index in [0.717, 1.165) is 0 Å². The van der Waals surface area contributed by atoms with Gasteiger partial charge in [0, 0.05) is 18.9 Å². The van der Waals surface area contributed by atoms with Crippen LogP contribution < -0.4 is 11.1 Å². The second-order valence-electron chi connectivity index (χ2n) is 4.12. The molecule has 0 saturated heterocycles. The topological polar surface area (TPSA) is 72.9 Å². The zero-order valence-electron chi connectivity index (χ0n) is 10.4. The largest absolute Gasteiger partial charge is 0.399 e. The third-order valence-corrected chi connectivity index (χ3v) is 3.36. The number of carbonyl (C=O) groups is 1. The van der Waals surface area contributed by atoms with Crippen molar-refractivity contribution in [3.05, 3.63) is 39.6 Å². The number of halogens is 2. The summed E-state index contributed by atoms with van der Waals surface area (Å²) in [4.78, 5) is 12.2. The number of nitrogens with one attached hydrogen (secondary N) is 1. The molecule has 0 fully saturated rings. The van der Waals surface area contributed by atoms with Gasteiger partial charge in [0.1, 0.15) is 0 Å².